The van der Waals surface area contributed by atoms with E-state index in [1.807, 2.05) is 6.26 Å². The van der Waals surface area contributed by atoms with Gasteiger partial charge in [0.05, 0.1) is 12.5 Å². The first-order valence-corrected chi connectivity index (χ1v) is 5.01. The molecule has 2 unspecified atom stereocenters. The Morgan fingerprint density at radius 3 is 3.15 bits per heavy atom. The van der Waals surface area contributed by atoms with E-state index in [0.717, 1.165) is 19.0 Å². The lowest BCUT2D eigenvalue weighted by Crippen LogP contribution is -2.19. The minimum atomic E-state index is 0.384. The monoisotopic (exact) mass is 179 g/mol. The Hall–Kier alpha value is -0.760. The van der Waals surface area contributed by atoms with E-state index in [1.165, 1.54) is 12.0 Å². The smallest absolute Gasteiger partial charge is 0.0940 e. The molecule has 1 N–H and O–H groups in total. The zero-order valence-corrected chi connectivity index (χ0v) is 8.34. The van der Waals surface area contributed by atoms with Crippen LogP contribution in [0.15, 0.2) is 23.0 Å². The third kappa shape index (κ3) is 1.51. The highest BCUT2D eigenvalue weighted by molar-refractivity contribution is 5.29. The van der Waals surface area contributed by atoms with Crippen molar-refractivity contribution in [2.45, 2.75) is 25.7 Å². The van der Waals surface area contributed by atoms with Crippen LogP contribution < -0.4 is 5.32 Å². The standard InChI is InChI=1S/C11H17NO/c1-3-12-7-10-6-11(10,2)9-4-5-13-8-9/h4-5,8,10,12H,3,6-7H2,1-2H3. The average Bonchev–Trinajstić information content (AvgIpc) is 2.61. The Bertz CT molecular complexity index is 268. The fourth-order valence-electron chi connectivity index (χ4n) is 2.01. The van der Waals surface area contributed by atoms with Crippen LogP contribution in [0.4, 0.5) is 0 Å². The summed E-state index contributed by atoms with van der Waals surface area (Å²) in [6, 6.07) is 2.09. The minimum absolute atomic E-state index is 0.384. The van der Waals surface area contributed by atoms with Crippen LogP contribution in [-0.4, -0.2) is 13.1 Å². The van der Waals surface area contributed by atoms with Gasteiger partial charge in [0.15, 0.2) is 0 Å². The molecule has 0 radical (unpaired) electrons. The van der Waals surface area contributed by atoms with Crippen LogP contribution in [0, 0.1) is 5.92 Å². The van der Waals surface area contributed by atoms with Gasteiger partial charge in [-0.05, 0) is 37.1 Å². The van der Waals surface area contributed by atoms with E-state index in [0.29, 0.717) is 5.41 Å². The van der Waals surface area contributed by atoms with Gasteiger partial charge in [0.2, 0.25) is 0 Å². The van der Waals surface area contributed by atoms with E-state index >= 15 is 0 Å². The second-order valence-electron chi connectivity index (χ2n) is 4.14. The molecule has 0 aliphatic heterocycles. The second-order valence-corrected chi connectivity index (χ2v) is 4.14. The molecule has 13 heavy (non-hydrogen) atoms. The molecule has 0 amide bonds. The second kappa shape index (κ2) is 3.18. The lowest BCUT2D eigenvalue weighted by atomic mass is 9.99. The summed E-state index contributed by atoms with van der Waals surface area (Å²) in [6.45, 7) is 6.67. The largest absolute Gasteiger partial charge is 0.472 e. The molecule has 1 aromatic rings. The quantitative estimate of drug-likeness (QED) is 0.766. The van der Waals surface area contributed by atoms with Gasteiger partial charge in [0.1, 0.15) is 0 Å². The first-order chi connectivity index (χ1) is 6.27. The summed E-state index contributed by atoms with van der Waals surface area (Å²) in [4.78, 5) is 0. The van der Waals surface area contributed by atoms with Crippen LogP contribution >= 0.6 is 0 Å². The normalized spacial score (nSPS) is 32.0. The summed E-state index contributed by atoms with van der Waals surface area (Å²) in [5.74, 6) is 0.796. The molecular formula is C11H17NO. The molecule has 72 valence electrons. The predicted octanol–water partition coefficient (Wildman–Crippen LogP) is 2.17. The van der Waals surface area contributed by atoms with E-state index in [9.17, 15) is 0 Å². The van der Waals surface area contributed by atoms with Gasteiger partial charge in [-0.2, -0.15) is 0 Å². The summed E-state index contributed by atoms with van der Waals surface area (Å²) in [6.07, 6.45) is 4.94. The molecule has 2 rings (SSSR count). The highest BCUT2D eigenvalue weighted by atomic mass is 16.3. The topological polar surface area (TPSA) is 25.2 Å². The zero-order chi connectivity index (χ0) is 9.31. The number of furan rings is 1. The number of nitrogens with one attached hydrogen (secondary N) is 1. The highest BCUT2D eigenvalue weighted by Crippen LogP contribution is 2.53. The van der Waals surface area contributed by atoms with Crippen LogP contribution in [0.3, 0.4) is 0 Å². The molecule has 1 aromatic heterocycles. The van der Waals surface area contributed by atoms with Gasteiger partial charge in [0.25, 0.3) is 0 Å². The fourth-order valence-corrected chi connectivity index (χ4v) is 2.01. The summed E-state index contributed by atoms with van der Waals surface area (Å²) in [5, 5.41) is 3.40. The van der Waals surface area contributed by atoms with E-state index < -0.39 is 0 Å². The Labute approximate surface area is 79.3 Å². The molecule has 2 atom stereocenters. The number of rotatable bonds is 4. The predicted molar refractivity (Wildman–Crippen MR) is 52.7 cm³/mol. The van der Waals surface area contributed by atoms with Gasteiger partial charge in [0, 0.05) is 5.41 Å². The number of hydrogen-bond donors (Lipinski definition) is 1. The van der Waals surface area contributed by atoms with Gasteiger partial charge < -0.3 is 9.73 Å². The Balaban J connectivity index is 1.95. The van der Waals surface area contributed by atoms with Gasteiger partial charge in [-0.25, -0.2) is 0 Å². The van der Waals surface area contributed by atoms with Crippen molar-refractivity contribution in [1.82, 2.24) is 5.32 Å². The van der Waals surface area contributed by atoms with Crippen molar-refractivity contribution in [2.75, 3.05) is 13.1 Å². The Kier molecular flexibility index (Phi) is 2.16. The molecule has 2 heteroatoms. The fraction of sp³-hybridized carbons (Fsp3) is 0.636. The van der Waals surface area contributed by atoms with Crippen LogP contribution in [0.5, 0.6) is 0 Å². The van der Waals surface area contributed by atoms with Gasteiger partial charge in [-0.15, -0.1) is 0 Å². The average molecular weight is 179 g/mol. The molecule has 0 aromatic carbocycles. The molecule has 1 saturated carbocycles. The molecule has 2 nitrogen and oxygen atoms in total. The maximum Gasteiger partial charge on any atom is 0.0940 e. The van der Waals surface area contributed by atoms with Gasteiger partial charge in [-0.1, -0.05) is 13.8 Å². The van der Waals surface area contributed by atoms with Crippen molar-refractivity contribution >= 4 is 0 Å². The summed E-state index contributed by atoms with van der Waals surface area (Å²) in [5.41, 5.74) is 1.74. The SMILES string of the molecule is CCNCC1CC1(C)c1ccoc1. The first kappa shape index (κ1) is 8.82. The lowest BCUT2D eigenvalue weighted by Gasteiger charge is -2.08. The molecule has 0 spiro atoms. The third-order valence-corrected chi connectivity index (χ3v) is 3.23. The maximum absolute atomic E-state index is 5.11. The van der Waals surface area contributed by atoms with Gasteiger partial charge in [-0.3, -0.25) is 0 Å². The molecule has 1 heterocycles. The van der Waals surface area contributed by atoms with Crippen molar-refractivity contribution in [1.29, 1.82) is 0 Å². The van der Waals surface area contributed by atoms with E-state index in [-0.39, 0.29) is 0 Å². The van der Waals surface area contributed by atoms with Crippen LogP contribution in [0.25, 0.3) is 0 Å². The first-order valence-electron chi connectivity index (χ1n) is 5.01. The summed E-state index contributed by atoms with van der Waals surface area (Å²) in [7, 11) is 0. The maximum atomic E-state index is 5.11. The van der Waals surface area contributed by atoms with Crippen molar-refractivity contribution in [3.05, 3.63) is 24.2 Å². The molecule has 0 saturated heterocycles. The molecule has 1 aliphatic rings. The van der Waals surface area contributed by atoms with E-state index in [4.69, 9.17) is 4.42 Å². The summed E-state index contributed by atoms with van der Waals surface area (Å²) >= 11 is 0. The van der Waals surface area contributed by atoms with Crippen LogP contribution in [-0.2, 0) is 5.41 Å². The van der Waals surface area contributed by atoms with Crippen LogP contribution in [0.2, 0.25) is 0 Å². The van der Waals surface area contributed by atoms with Crippen molar-refractivity contribution < 1.29 is 4.42 Å². The summed E-state index contributed by atoms with van der Waals surface area (Å²) < 4.78 is 5.11. The lowest BCUT2D eigenvalue weighted by molar-refractivity contribution is 0.548. The molecule has 1 aliphatic carbocycles. The molecule has 1 fully saturated rings. The zero-order valence-electron chi connectivity index (χ0n) is 8.34. The van der Waals surface area contributed by atoms with Crippen molar-refractivity contribution in [3.8, 4) is 0 Å². The Morgan fingerprint density at radius 2 is 2.54 bits per heavy atom. The van der Waals surface area contributed by atoms with Crippen molar-refractivity contribution in [2.24, 2.45) is 5.92 Å². The Morgan fingerprint density at radius 1 is 1.69 bits per heavy atom. The molecule has 0 bridgehead atoms. The van der Waals surface area contributed by atoms with Crippen LogP contribution in [0.1, 0.15) is 25.8 Å². The number of hydrogen-bond acceptors (Lipinski definition) is 2. The van der Waals surface area contributed by atoms with Crippen molar-refractivity contribution in [3.63, 3.8) is 0 Å². The van der Waals surface area contributed by atoms with Gasteiger partial charge >= 0.3 is 0 Å². The minimum Gasteiger partial charge on any atom is -0.472 e. The van der Waals surface area contributed by atoms with E-state index in [1.54, 1.807) is 6.26 Å². The van der Waals surface area contributed by atoms with E-state index in [2.05, 4.69) is 25.2 Å². The third-order valence-electron chi connectivity index (χ3n) is 3.23. The molecular weight excluding hydrogens is 162 g/mol. The highest BCUT2D eigenvalue weighted by Gasteiger charge is 2.51.